The maximum absolute atomic E-state index is 14.7. The van der Waals surface area contributed by atoms with Crippen LogP contribution in [0.5, 0.6) is 5.75 Å². The molecule has 5 atom stereocenters. The Balaban J connectivity index is 1.75. The number of nitrogens with one attached hydrogen (secondary N) is 1. The van der Waals surface area contributed by atoms with Gasteiger partial charge in [0.2, 0.25) is 5.78 Å². The second-order valence-electron chi connectivity index (χ2n) is 11.5. The van der Waals surface area contributed by atoms with Gasteiger partial charge in [-0.05, 0) is 74.8 Å². The molecule has 1 saturated heterocycles. The quantitative estimate of drug-likeness (QED) is 0.271. The van der Waals surface area contributed by atoms with Gasteiger partial charge in [0.15, 0.2) is 11.4 Å². The number of likely N-dealkylation sites (N-methyl/N-ethyl adjacent to an activating group) is 1. The summed E-state index contributed by atoms with van der Waals surface area (Å²) in [7, 11) is 0. The van der Waals surface area contributed by atoms with Gasteiger partial charge in [-0.3, -0.25) is 19.3 Å². The number of Topliss-reactive ketones (excluding diaryl/α,β-unsaturated/α-hetero) is 2. The number of carbonyl (C=O) groups is 3. The number of ketones is 2. The average Bonchev–Trinajstić information content (AvgIpc) is 3.44. The number of halogens is 3. The number of aliphatic hydroxyl groups excluding tert-OH is 2. The zero-order valence-electron chi connectivity index (χ0n) is 23.2. The predicted octanol–water partition coefficient (Wildman–Crippen LogP) is 2.58. The van der Waals surface area contributed by atoms with Crippen LogP contribution in [0, 0.1) is 11.8 Å². The lowest BCUT2D eigenvalue weighted by molar-refractivity contribution is -0.155. The fourth-order valence-electron chi connectivity index (χ4n) is 7.51. The third kappa shape index (κ3) is 4.23. The van der Waals surface area contributed by atoms with Gasteiger partial charge >= 0.3 is 6.18 Å². The number of phenolic OH excluding ortho intramolecular Hbond substituents is 1. The molecule has 0 radical (unpaired) electrons. The summed E-state index contributed by atoms with van der Waals surface area (Å²) in [4.78, 5) is 41.5. The predicted molar refractivity (Wildman–Crippen MR) is 143 cm³/mol. The summed E-state index contributed by atoms with van der Waals surface area (Å²) in [6.07, 6.45) is -3.98. The van der Waals surface area contributed by atoms with Gasteiger partial charge in [-0.15, -0.1) is 0 Å². The number of benzene rings is 1. The Morgan fingerprint density at radius 3 is 2.45 bits per heavy atom. The summed E-state index contributed by atoms with van der Waals surface area (Å²) < 4.78 is 44.0. The van der Waals surface area contributed by atoms with Gasteiger partial charge in [0.05, 0.1) is 17.2 Å². The topological polar surface area (TPSA) is 173 Å². The summed E-state index contributed by atoms with van der Waals surface area (Å²) in [6.45, 7) is 4.61. The smallest absolute Gasteiger partial charge is 0.417 e. The number of nitrogens with two attached hydrogens (primary N) is 1. The number of hydrogen-bond donors (Lipinski definition) is 6. The van der Waals surface area contributed by atoms with E-state index in [1.54, 1.807) is 11.8 Å². The molecule has 1 aliphatic heterocycles. The Hall–Kier alpha value is -3.42. The first-order valence-corrected chi connectivity index (χ1v) is 14.1. The van der Waals surface area contributed by atoms with Crippen LogP contribution >= 0.6 is 0 Å². The molecule has 1 saturated carbocycles. The second-order valence-corrected chi connectivity index (χ2v) is 11.5. The lowest BCUT2D eigenvalue weighted by Gasteiger charge is -2.51. The monoisotopic (exact) mass is 593 g/mol. The molecule has 228 valence electrons. The first-order valence-electron chi connectivity index (χ1n) is 14.1. The number of primary amides is 1. The van der Waals surface area contributed by atoms with Crippen molar-refractivity contribution in [1.29, 1.82) is 0 Å². The van der Waals surface area contributed by atoms with Crippen molar-refractivity contribution in [2.24, 2.45) is 17.6 Å². The largest absolute Gasteiger partial charge is 0.508 e. The fourth-order valence-corrected chi connectivity index (χ4v) is 7.51. The lowest BCUT2D eigenvalue weighted by atomic mass is 9.57. The normalized spacial score (nSPS) is 29.6. The van der Waals surface area contributed by atoms with Gasteiger partial charge in [0.1, 0.15) is 22.8 Å². The number of hydrogen-bond acceptors (Lipinski definition) is 9. The molecular weight excluding hydrogens is 559 g/mol. The molecule has 7 N–H and O–H groups in total. The molecule has 3 unspecified atom stereocenters. The highest BCUT2D eigenvalue weighted by Crippen LogP contribution is 2.55. The van der Waals surface area contributed by atoms with Crippen LogP contribution in [0.3, 0.4) is 0 Å². The Morgan fingerprint density at radius 1 is 1.21 bits per heavy atom. The van der Waals surface area contributed by atoms with E-state index in [0.29, 0.717) is 32.4 Å². The molecule has 5 rings (SSSR count). The number of phenols is 1. The van der Waals surface area contributed by atoms with Gasteiger partial charge in [-0.2, -0.15) is 13.2 Å². The molecule has 1 heterocycles. The van der Waals surface area contributed by atoms with E-state index in [1.165, 1.54) is 0 Å². The molecule has 0 bridgehead atoms. The van der Waals surface area contributed by atoms with Gasteiger partial charge in [0, 0.05) is 17.5 Å². The van der Waals surface area contributed by atoms with E-state index < -0.39 is 99.1 Å². The van der Waals surface area contributed by atoms with Crippen molar-refractivity contribution >= 4 is 23.2 Å². The molecule has 42 heavy (non-hydrogen) atoms. The summed E-state index contributed by atoms with van der Waals surface area (Å²) >= 11 is 0. The zero-order chi connectivity index (χ0) is 30.9. The van der Waals surface area contributed by atoms with Crippen LogP contribution < -0.4 is 11.1 Å². The van der Waals surface area contributed by atoms with Crippen molar-refractivity contribution in [3.63, 3.8) is 0 Å². The van der Waals surface area contributed by atoms with E-state index >= 15 is 0 Å². The van der Waals surface area contributed by atoms with Crippen LogP contribution in [0.15, 0.2) is 23.0 Å². The number of aliphatic hydroxyl groups is 3. The van der Waals surface area contributed by atoms with Gasteiger partial charge < -0.3 is 31.5 Å². The van der Waals surface area contributed by atoms with Crippen molar-refractivity contribution < 1.29 is 48.0 Å². The minimum absolute atomic E-state index is 0.163. The third-order valence-corrected chi connectivity index (χ3v) is 9.23. The van der Waals surface area contributed by atoms with Crippen molar-refractivity contribution in [1.82, 2.24) is 10.2 Å². The van der Waals surface area contributed by atoms with E-state index in [0.717, 1.165) is 6.07 Å². The minimum Gasteiger partial charge on any atom is -0.508 e. The highest BCUT2D eigenvalue weighted by atomic mass is 19.4. The maximum atomic E-state index is 14.7. The Labute approximate surface area is 239 Å². The number of carbonyl (C=O) groups excluding carboxylic acids is 3. The molecule has 1 aromatic carbocycles. The molecule has 3 aliphatic carbocycles. The Bertz CT molecular complexity index is 1430. The third-order valence-electron chi connectivity index (χ3n) is 9.23. The van der Waals surface area contributed by atoms with E-state index in [-0.39, 0.29) is 24.1 Å². The molecule has 1 amide bonds. The molecule has 1 aromatic rings. The van der Waals surface area contributed by atoms with Crippen LogP contribution in [-0.2, 0) is 27.0 Å². The summed E-state index contributed by atoms with van der Waals surface area (Å²) in [5, 5.41) is 48.1. The number of nitrogens with zero attached hydrogens (tertiary/aromatic N) is 1. The molecule has 13 heteroatoms. The van der Waals surface area contributed by atoms with Crippen LogP contribution in [0.25, 0.3) is 5.76 Å². The van der Waals surface area contributed by atoms with E-state index in [4.69, 9.17) is 5.73 Å². The van der Waals surface area contributed by atoms with Gasteiger partial charge in [0.25, 0.3) is 5.91 Å². The van der Waals surface area contributed by atoms with Crippen LogP contribution in [0.2, 0.25) is 0 Å². The highest BCUT2D eigenvalue weighted by Gasteiger charge is 2.64. The number of amides is 1. The van der Waals surface area contributed by atoms with E-state index in [1.807, 2.05) is 6.92 Å². The SMILES string of the molecule is CCCN(CC)C1C(=O)C(C(N)=O)=C(O)[C@@]2(O)C(=O)C3=C(O)c4c(O)cc(C5CCCN5)c(C(F)(F)F)c4CC3C[C@@H]12. The summed E-state index contributed by atoms with van der Waals surface area (Å²) in [6, 6.07) is -1.03. The fraction of sp³-hybridized carbons (Fsp3) is 0.552. The Kier molecular flexibility index (Phi) is 7.43. The minimum atomic E-state index is -4.87. The van der Waals surface area contributed by atoms with Gasteiger partial charge in [-0.25, -0.2) is 0 Å². The number of rotatable bonds is 6. The lowest BCUT2D eigenvalue weighted by Crippen LogP contribution is -2.66. The molecular formula is C29H34F3N3O7. The van der Waals surface area contributed by atoms with Crippen molar-refractivity contribution in [2.75, 3.05) is 19.6 Å². The maximum Gasteiger partial charge on any atom is 0.417 e. The van der Waals surface area contributed by atoms with Crippen LogP contribution in [0.4, 0.5) is 13.2 Å². The number of aromatic hydroxyl groups is 1. The van der Waals surface area contributed by atoms with Gasteiger partial charge in [-0.1, -0.05) is 13.8 Å². The van der Waals surface area contributed by atoms with Crippen molar-refractivity contribution in [3.05, 3.63) is 45.2 Å². The van der Waals surface area contributed by atoms with E-state index in [9.17, 15) is 48.0 Å². The first-order chi connectivity index (χ1) is 19.7. The molecule has 0 aromatic heterocycles. The van der Waals surface area contributed by atoms with Crippen molar-refractivity contribution in [2.45, 2.75) is 69.8 Å². The zero-order valence-corrected chi connectivity index (χ0v) is 23.2. The standard InChI is InChI=1S/C29H34F3N3O7/c1-3-8-35(4-2)22-15-10-12-9-14-19(17(36)11-13(16-6-5-7-34-16)21(14)29(30,31)32)23(37)18(12)25(39)28(15,42)26(40)20(24(22)38)27(33)41/h11-12,15-16,22,34,36-37,40,42H,3-10H2,1-2H3,(H2,33,41)/t12?,15-,16?,22?,28-/m0/s1. The van der Waals surface area contributed by atoms with Crippen molar-refractivity contribution in [3.8, 4) is 5.75 Å². The second kappa shape index (κ2) is 10.4. The molecule has 0 spiro atoms. The van der Waals surface area contributed by atoms with Crippen LogP contribution in [0.1, 0.15) is 67.8 Å². The summed E-state index contributed by atoms with van der Waals surface area (Å²) in [5.74, 6) is -8.83. The highest BCUT2D eigenvalue weighted by molar-refractivity contribution is 6.24. The average molecular weight is 594 g/mol. The number of alkyl halides is 3. The summed E-state index contributed by atoms with van der Waals surface area (Å²) in [5.41, 5.74) is -1.03. The number of fused-ring (bicyclic) bond motifs is 3. The Morgan fingerprint density at radius 2 is 1.90 bits per heavy atom. The first kappa shape index (κ1) is 30.1. The van der Waals surface area contributed by atoms with E-state index in [2.05, 4.69) is 5.32 Å². The molecule has 4 aliphatic rings. The molecule has 10 nitrogen and oxygen atoms in total. The van der Waals surface area contributed by atoms with Crippen LogP contribution in [-0.4, -0.2) is 74.1 Å². The molecule has 2 fully saturated rings.